The topological polar surface area (TPSA) is 129 Å². The van der Waals surface area contributed by atoms with E-state index in [4.69, 9.17) is 0 Å². The van der Waals surface area contributed by atoms with Gasteiger partial charge in [-0.05, 0) is 31.3 Å². The van der Waals surface area contributed by atoms with Crippen molar-refractivity contribution < 1.29 is 19.8 Å². The second-order valence-corrected chi connectivity index (χ2v) is 8.65. The second kappa shape index (κ2) is 8.18. The maximum atomic E-state index is 13.2. The number of rotatable bonds is 6. The Balaban J connectivity index is 1.75. The van der Waals surface area contributed by atoms with E-state index in [0.717, 1.165) is 17.4 Å². The van der Waals surface area contributed by atoms with Gasteiger partial charge in [0, 0.05) is 37.3 Å². The van der Waals surface area contributed by atoms with Crippen LogP contribution >= 0.6 is 0 Å². The van der Waals surface area contributed by atoms with Gasteiger partial charge in [-0.3, -0.25) is 19.0 Å². The lowest BCUT2D eigenvalue weighted by atomic mass is 10.2. The summed E-state index contributed by atoms with van der Waals surface area (Å²) in [4.78, 5) is 39.7. The van der Waals surface area contributed by atoms with Crippen molar-refractivity contribution in [3.05, 3.63) is 33.8 Å². The van der Waals surface area contributed by atoms with E-state index in [9.17, 15) is 24.6 Å². The number of aliphatic hydroxyl groups excluding tert-OH is 1. The molecule has 3 heterocycles. The average molecular weight is 429 g/mol. The SMILES string of the molecule is CC(C)Cn1c(=O)c(C(=O)NC2CC2)c(O)n2ncc(/C=C/C(=O)N3CC[C@H](O)C3)c12. The van der Waals surface area contributed by atoms with E-state index in [1.54, 1.807) is 4.90 Å². The zero-order valence-electron chi connectivity index (χ0n) is 17.6. The monoisotopic (exact) mass is 429 g/mol. The summed E-state index contributed by atoms with van der Waals surface area (Å²) in [7, 11) is 0. The van der Waals surface area contributed by atoms with Crippen LogP contribution in [0.1, 0.15) is 49.0 Å². The zero-order chi connectivity index (χ0) is 22.3. The van der Waals surface area contributed by atoms with E-state index in [1.165, 1.54) is 22.9 Å². The van der Waals surface area contributed by atoms with Crippen molar-refractivity contribution in [1.82, 2.24) is 24.4 Å². The molecule has 10 heteroatoms. The molecule has 1 atom stereocenters. The van der Waals surface area contributed by atoms with Crippen molar-refractivity contribution in [2.45, 2.75) is 51.8 Å². The van der Waals surface area contributed by atoms with Crippen molar-refractivity contribution in [3.8, 4) is 5.88 Å². The number of nitrogens with one attached hydrogen (secondary N) is 1. The molecular weight excluding hydrogens is 402 g/mol. The van der Waals surface area contributed by atoms with E-state index in [-0.39, 0.29) is 30.0 Å². The van der Waals surface area contributed by atoms with Gasteiger partial charge in [0.15, 0.2) is 5.56 Å². The number of carbonyl (C=O) groups excluding carboxylic acids is 2. The number of hydrogen-bond acceptors (Lipinski definition) is 6. The van der Waals surface area contributed by atoms with Crippen molar-refractivity contribution >= 4 is 23.5 Å². The van der Waals surface area contributed by atoms with E-state index in [2.05, 4.69) is 10.4 Å². The summed E-state index contributed by atoms with van der Waals surface area (Å²) < 4.78 is 2.58. The number of fused-ring (bicyclic) bond motifs is 1. The van der Waals surface area contributed by atoms with Crippen LogP contribution < -0.4 is 10.9 Å². The lowest BCUT2D eigenvalue weighted by molar-refractivity contribution is -0.125. The van der Waals surface area contributed by atoms with Crippen LogP contribution in [-0.4, -0.2) is 66.3 Å². The summed E-state index contributed by atoms with van der Waals surface area (Å²) in [6.45, 7) is 4.96. The molecule has 4 rings (SSSR count). The normalized spacial score (nSPS) is 19.1. The molecule has 2 fully saturated rings. The molecule has 2 aromatic rings. The fourth-order valence-electron chi connectivity index (χ4n) is 3.76. The fourth-order valence-corrected chi connectivity index (χ4v) is 3.76. The van der Waals surface area contributed by atoms with Gasteiger partial charge in [0.05, 0.1) is 12.3 Å². The molecular formula is C21H27N5O5. The van der Waals surface area contributed by atoms with Gasteiger partial charge in [-0.1, -0.05) is 13.8 Å². The molecule has 166 valence electrons. The predicted octanol–water partition coefficient (Wildman–Crippen LogP) is 0.356. The Morgan fingerprint density at radius 2 is 2.06 bits per heavy atom. The lowest BCUT2D eigenvalue weighted by Gasteiger charge is -2.15. The Labute approximate surface area is 178 Å². The summed E-state index contributed by atoms with van der Waals surface area (Å²) in [5.74, 6) is -1.30. The molecule has 1 aliphatic carbocycles. The minimum Gasteiger partial charge on any atom is -0.492 e. The largest absolute Gasteiger partial charge is 0.492 e. The highest BCUT2D eigenvalue weighted by atomic mass is 16.3. The zero-order valence-corrected chi connectivity index (χ0v) is 17.6. The Hall–Kier alpha value is -3.14. The molecule has 0 aromatic carbocycles. The Morgan fingerprint density at radius 1 is 1.32 bits per heavy atom. The first kappa shape index (κ1) is 21.1. The van der Waals surface area contributed by atoms with Crippen LogP contribution in [0.2, 0.25) is 0 Å². The minimum atomic E-state index is -0.611. The van der Waals surface area contributed by atoms with Crippen molar-refractivity contribution in [3.63, 3.8) is 0 Å². The number of β-amino-alcohol motifs (C(OH)–C–C–N with tert-alkyl or cyclic N) is 1. The second-order valence-electron chi connectivity index (χ2n) is 8.65. The van der Waals surface area contributed by atoms with Crippen molar-refractivity contribution in [2.75, 3.05) is 13.1 Å². The van der Waals surface area contributed by atoms with Crippen LogP contribution in [0.5, 0.6) is 5.88 Å². The summed E-state index contributed by atoms with van der Waals surface area (Å²) in [5, 5.41) is 27.2. The van der Waals surface area contributed by atoms with Crippen molar-refractivity contribution in [1.29, 1.82) is 0 Å². The van der Waals surface area contributed by atoms with Crippen LogP contribution in [0.4, 0.5) is 0 Å². The number of aromatic nitrogens is 3. The van der Waals surface area contributed by atoms with E-state index in [1.807, 2.05) is 13.8 Å². The van der Waals surface area contributed by atoms with Gasteiger partial charge in [-0.2, -0.15) is 9.61 Å². The number of nitrogens with zero attached hydrogens (tertiary/aromatic N) is 4. The standard InChI is InChI=1S/C21H27N5O5/c1-12(2)10-25-19-13(3-6-16(28)24-8-7-15(27)11-24)9-22-26(19)21(31)17(20(25)30)18(29)23-14-4-5-14/h3,6,9,12,14-15,27,31H,4-5,7-8,10-11H2,1-2H3,(H,23,29)/b6-3+/t15-/m0/s1. The molecule has 0 unspecified atom stereocenters. The molecule has 1 saturated heterocycles. The summed E-state index contributed by atoms with van der Waals surface area (Å²) >= 11 is 0. The van der Waals surface area contributed by atoms with Crippen LogP contribution in [-0.2, 0) is 11.3 Å². The van der Waals surface area contributed by atoms with E-state index < -0.39 is 23.5 Å². The first-order chi connectivity index (χ1) is 14.8. The quantitative estimate of drug-likeness (QED) is 0.569. The van der Waals surface area contributed by atoms with Gasteiger partial charge in [0.2, 0.25) is 11.8 Å². The minimum absolute atomic E-state index is 0.0341. The van der Waals surface area contributed by atoms with Crippen LogP contribution in [0.25, 0.3) is 11.7 Å². The number of aliphatic hydroxyl groups is 1. The van der Waals surface area contributed by atoms with Gasteiger partial charge in [-0.15, -0.1) is 0 Å². The number of likely N-dealkylation sites (tertiary alicyclic amines) is 1. The van der Waals surface area contributed by atoms with Gasteiger partial charge in [0.25, 0.3) is 11.5 Å². The number of aromatic hydroxyl groups is 1. The van der Waals surface area contributed by atoms with Gasteiger partial charge >= 0.3 is 0 Å². The third kappa shape index (κ3) is 4.20. The van der Waals surface area contributed by atoms with Crippen molar-refractivity contribution in [2.24, 2.45) is 5.92 Å². The van der Waals surface area contributed by atoms with Crippen LogP contribution in [0, 0.1) is 5.92 Å². The third-order valence-electron chi connectivity index (χ3n) is 5.48. The van der Waals surface area contributed by atoms with Crippen LogP contribution in [0.3, 0.4) is 0 Å². The summed E-state index contributed by atoms with van der Waals surface area (Å²) in [5.41, 5.74) is -0.151. The molecule has 2 amide bonds. The molecule has 0 spiro atoms. The summed E-state index contributed by atoms with van der Waals surface area (Å²) in [6, 6.07) is 0.0341. The summed E-state index contributed by atoms with van der Waals surface area (Å²) in [6.07, 6.45) is 6.09. The highest BCUT2D eigenvalue weighted by Gasteiger charge is 2.30. The molecule has 0 radical (unpaired) electrons. The maximum Gasteiger partial charge on any atom is 0.270 e. The van der Waals surface area contributed by atoms with E-state index in [0.29, 0.717) is 30.7 Å². The predicted molar refractivity (Wildman–Crippen MR) is 113 cm³/mol. The number of hydrogen-bond donors (Lipinski definition) is 3. The average Bonchev–Trinajstić information content (AvgIpc) is 3.24. The molecule has 2 aliphatic rings. The third-order valence-corrected chi connectivity index (χ3v) is 5.48. The molecule has 1 saturated carbocycles. The molecule has 3 N–H and O–H groups in total. The first-order valence-electron chi connectivity index (χ1n) is 10.6. The molecule has 0 bridgehead atoms. The van der Waals surface area contributed by atoms with E-state index >= 15 is 0 Å². The molecule has 10 nitrogen and oxygen atoms in total. The number of carbonyl (C=O) groups is 2. The van der Waals surface area contributed by atoms with Crippen LogP contribution in [0.15, 0.2) is 17.1 Å². The number of amides is 2. The smallest absolute Gasteiger partial charge is 0.270 e. The Bertz CT molecular complexity index is 1110. The molecule has 31 heavy (non-hydrogen) atoms. The molecule has 1 aliphatic heterocycles. The molecule has 2 aromatic heterocycles. The van der Waals surface area contributed by atoms with Gasteiger partial charge < -0.3 is 20.4 Å². The van der Waals surface area contributed by atoms with Gasteiger partial charge in [0.1, 0.15) is 5.65 Å². The fraction of sp³-hybridized carbons (Fsp3) is 0.524. The highest BCUT2D eigenvalue weighted by molar-refractivity contribution is 5.97. The Kier molecular flexibility index (Phi) is 5.57. The Morgan fingerprint density at radius 3 is 2.68 bits per heavy atom. The lowest BCUT2D eigenvalue weighted by Crippen LogP contribution is -2.36. The first-order valence-corrected chi connectivity index (χ1v) is 10.6. The van der Waals surface area contributed by atoms with Gasteiger partial charge in [-0.25, -0.2) is 0 Å². The maximum absolute atomic E-state index is 13.2. The highest BCUT2D eigenvalue weighted by Crippen LogP contribution is 2.23.